The van der Waals surface area contributed by atoms with Crippen molar-refractivity contribution in [1.82, 2.24) is 4.57 Å². The van der Waals surface area contributed by atoms with Gasteiger partial charge in [-0.2, -0.15) is 0 Å². The lowest BCUT2D eigenvalue weighted by molar-refractivity contribution is 0.759. The number of pyridine rings is 1. The molecule has 1 aromatic carbocycles. The van der Waals surface area contributed by atoms with Crippen molar-refractivity contribution < 1.29 is 0 Å². The van der Waals surface area contributed by atoms with E-state index < -0.39 is 0 Å². The van der Waals surface area contributed by atoms with Gasteiger partial charge in [-0.3, -0.25) is 4.79 Å². The van der Waals surface area contributed by atoms with Crippen molar-refractivity contribution in [2.75, 3.05) is 5.73 Å². The van der Waals surface area contributed by atoms with E-state index in [1.54, 1.807) is 22.9 Å². The molecule has 2 N–H and O–H groups in total. The fraction of sp³-hybridized carbons (Fsp3) is 0.0833. The summed E-state index contributed by atoms with van der Waals surface area (Å²) in [7, 11) is 0. The maximum Gasteiger partial charge on any atom is 0.250 e. The van der Waals surface area contributed by atoms with Crippen molar-refractivity contribution in [3.05, 3.63) is 63.0 Å². The average Bonchev–Trinajstić information content (AvgIpc) is 2.20. The van der Waals surface area contributed by atoms with Crippen molar-refractivity contribution in [1.29, 1.82) is 0 Å². The van der Waals surface area contributed by atoms with Crippen LogP contribution in [0.1, 0.15) is 5.56 Å². The maximum atomic E-state index is 11.5. The van der Waals surface area contributed by atoms with Gasteiger partial charge in [0.25, 0.3) is 5.56 Å². The molecule has 2 aromatic rings. The Balaban J connectivity index is 2.34. The number of nitrogens with two attached hydrogens (primary N) is 1. The van der Waals surface area contributed by atoms with Gasteiger partial charge in [0.15, 0.2) is 0 Å². The van der Waals surface area contributed by atoms with Gasteiger partial charge in [-0.15, -0.1) is 0 Å². The lowest BCUT2D eigenvalue weighted by Gasteiger charge is -2.06. The van der Waals surface area contributed by atoms with Gasteiger partial charge in [-0.25, -0.2) is 0 Å². The standard InChI is InChI=1S/C12H11BrN2O/c13-10-5-9(6-11(14)7-10)8-15-4-2-1-3-12(15)16/h1-7H,8,14H2. The molecule has 2 rings (SSSR count). The molecule has 4 heteroatoms. The Bertz CT molecular complexity index is 543. The molecule has 0 aliphatic carbocycles. The van der Waals surface area contributed by atoms with Crippen molar-refractivity contribution in [2.24, 2.45) is 0 Å². The van der Waals surface area contributed by atoms with Gasteiger partial charge in [-0.05, 0) is 29.8 Å². The number of hydrogen-bond acceptors (Lipinski definition) is 2. The van der Waals surface area contributed by atoms with E-state index in [-0.39, 0.29) is 5.56 Å². The second-order valence-electron chi connectivity index (χ2n) is 3.56. The Morgan fingerprint density at radius 3 is 2.75 bits per heavy atom. The van der Waals surface area contributed by atoms with Crippen molar-refractivity contribution in [2.45, 2.75) is 6.54 Å². The van der Waals surface area contributed by atoms with Gasteiger partial charge >= 0.3 is 0 Å². The molecule has 16 heavy (non-hydrogen) atoms. The molecule has 3 nitrogen and oxygen atoms in total. The second-order valence-corrected chi connectivity index (χ2v) is 4.48. The van der Waals surface area contributed by atoms with Crippen LogP contribution in [-0.4, -0.2) is 4.57 Å². The van der Waals surface area contributed by atoms with Gasteiger partial charge in [-0.1, -0.05) is 22.0 Å². The van der Waals surface area contributed by atoms with E-state index in [4.69, 9.17) is 5.73 Å². The molecule has 1 heterocycles. The monoisotopic (exact) mass is 278 g/mol. The lowest BCUT2D eigenvalue weighted by atomic mass is 10.2. The first-order chi connectivity index (χ1) is 7.65. The highest BCUT2D eigenvalue weighted by atomic mass is 79.9. The van der Waals surface area contributed by atoms with Crippen molar-refractivity contribution in [3.8, 4) is 0 Å². The summed E-state index contributed by atoms with van der Waals surface area (Å²) in [5.41, 5.74) is 7.41. The summed E-state index contributed by atoms with van der Waals surface area (Å²) in [6, 6.07) is 10.8. The van der Waals surface area contributed by atoms with Crippen LogP contribution >= 0.6 is 15.9 Å². The molecular formula is C12H11BrN2O. The van der Waals surface area contributed by atoms with Crippen LogP contribution in [0.25, 0.3) is 0 Å². The molecule has 1 aromatic heterocycles. The number of aromatic nitrogens is 1. The molecule has 82 valence electrons. The number of hydrogen-bond donors (Lipinski definition) is 1. The van der Waals surface area contributed by atoms with Gasteiger partial charge in [0, 0.05) is 22.4 Å². The van der Waals surface area contributed by atoms with Crippen LogP contribution in [0.4, 0.5) is 5.69 Å². The van der Waals surface area contributed by atoms with Crippen LogP contribution in [0.2, 0.25) is 0 Å². The Morgan fingerprint density at radius 1 is 1.25 bits per heavy atom. The second kappa shape index (κ2) is 4.53. The van der Waals surface area contributed by atoms with E-state index in [2.05, 4.69) is 15.9 Å². The van der Waals surface area contributed by atoms with Crippen LogP contribution in [0.15, 0.2) is 51.9 Å². The predicted molar refractivity (Wildman–Crippen MR) is 68.4 cm³/mol. The summed E-state index contributed by atoms with van der Waals surface area (Å²) in [6.45, 7) is 0.531. The van der Waals surface area contributed by atoms with E-state index in [0.717, 1.165) is 10.0 Å². The van der Waals surface area contributed by atoms with E-state index in [9.17, 15) is 4.79 Å². The van der Waals surface area contributed by atoms with Crippen molar-refractivity contribution >= 4 is 21.6 Å². The smallest absolute Gasteiger partial charge is 0.250 e. The highest BCUT2D eigenvalue weighted by Crippen LogP contribution is 2.17. The number of halogens is 1. The molecule has 0 spiro atoms. The van der Waals surface area contributed by atoms with Crippen LogP contribution in [-0.2, 0) is 6.54 Å². The molecule has 0 saturated carbocycles. The highest BCUT2D eigenvalue weighted by Gasteiger charge is 1.99. The quantitative estimate of drug-likeness (QED) is 0.857. The van der Waals surface area contributed by atoms with E-state index in [1.165, 1.54) is 0 Å². The summed E-state index contributed by atoms with van der Waals surface area (Å²) in [6.07, 6.45) is 1.76. The lowest BCUT2D eigenvalue weighted by Crippen LogP contribution is -2.18. The van der Waals surface area contributed by atoms with E-state index in [1.807, 2.05) is 24.3 Å². The summed E-state index contributed by atoms with van der Waals surface area (Å²) >= 11 is 3.38. The third-order valence-electron chi connectivity index (χ3n) is 2.23. The first-order valence-electron chi connectivity index (χ1n) is 4.85. The zero-order valence-corrected chi connectivity index (χ0v) is 10.1. The zero-order chi connectivity index (χ0) is 11.5. The Morgan fingerprint density at radius 2 is 2.06 bits per heavy atom. The first kappa shape index (κ1) is 11.0. The van der Waals surface area contributed by atoms with Crippen LogP contribution in [0.3, 0.4) is 0 Å². The Hall–Kier alpha value is -1.55. The highest BCUT2D eigenvalue weighted by molar-refractivity contribution is 9.10. The molecular weight excluding hydrogens is 268 g/mol. The van der Waals surface area contributed by atoms with Gasteiger partial charge in [0.1, 0.15) is 0 Å². The number of benzene rings is 1. The summed E-state index contributed by atoms with van der Waals surface area (Å²) in [5, 5.41) is 0. The third kappa shape index (κ3) is 2.52. The minimum absolute atomic E-state index is 0.0129. The summed E-state index contributed by atoms with van der Waals surface area (Å²) < 4.78 is 2.56. The Labute approximate surface area is 102 Å². The summed E-state index contributed by atoms with van der Waals surface area (Å²) in [5.74, 6) is 0. The predicted octanol–water partition coefficient (Wildman–Crippen LogP) is 2.24. The van der Waals surface area contributed by atoms with Crippen LogP contribution in [0, 0.1) is 0 Å². The third-order valence-corrected chi connectivity index (χ3v) is 2.69. The number of nitrogen functional groups attached to an aromatic ring is 1. The fourth-order valence-electron chi connectivity index (χ4n) is 1.55. The minimum atomic E-state index is -0.0129. The van der Waals surface area contributed by atoms with E-state index in [0.29, 0.717) is 12.2 Å². The Kier molecular flexibility index (Phi) is 3.10. The molecule has 0 saturated heterocycles. The largest absolute Gasteiger partial charge is 0.399 e. The molecule has 0 unspecified atom stereocenters. The molecule has 0 aliphatic heterocycles. The van der Waals surface area contributed by atoms with Gasteiger partial charge < -0.3 is 10.3 Å². The van der Waals surface area contributed by atoms with Gasteiger partial charge in [0.2, 0.25) is 0 Å². The first-order valence-corrected chi connectivity index (χ1v) is 5.65. The number of anilines is 1. The molecule has 0 atom stereocenters. The van der Waals surface area contributed by atoms with Crippen molar-refractivity contribution in [3.63, 3.8) is 0 Å². The SMILES string of the molecule is Nc1cc(Br)cc(Cn2ccccc2=O)c1. The number of nitrogens with zero attached hydrogens (tertiary/aromatic N) is 1. The molecule has 0 amide bonds. The maximum absolute atomic E-state index is 11.5. The molecule has 0 radical (unpaired) electrons. The fourth-order valence-corrected chi connectivity index (χ4v) is 2.11. The molecule has 0 fully saturated rings. The zero-order valence-electron chi connectivity index (χ0n) is 8.56. The van der Waals surface area contributed by atoms with Gasteiger partial charge in [0.05, 0.1) is 6.54 Å². The molecule has 0 bridgehead atoms. The molecule has 0 aliphatic rings. The topological polar surface area (TPSA) is 48.0 Å². The van der Waals surface area contributed by atoms with E-state index >= 15 is 0 Å². The van der Waals surface area contributed by atoms with Crippen LogP contribution in [0.5, 0.6) is 0 Å². The average molecular weight is 279 g/mol. The normalized spacial score (nSPS) is 10.3. The van der Waals surface area contributed by atoms with Crippen LogP contribution < -0.4 is 11.3 Å². The summed E-state index contributed by atoms with van der Waals surface area (Å²) in [4.78, 5) is 11.5. The number of rotatable bonds is 2. The minimum Gasteiger partial charge on any atom is -0.399 e.